The van der Waals surface area contributed by atoms with Gasteiger partial charge in [0.05, 0.1) is 15.6 Å². The normalized spacial score (nSPS) is 18.2. The number of rotatable bonds is 8. The minimum Gasteiger partial charge on any atom is -0.354 e. The van der Waals surface area contributed by atoms with Gasteiger partial charge in [-0.1, -0.05) is 41.9 Å². The van der Waals surface area contributed by atoms with Gasteiger partial charge < -0.3 is 15.1 Å². The molecule has 0 aliphatic carbocycles. The van der Waals surface area contributed by atoms with E-state index in [1.807, 2.05) is 12.1 Å². The zero-order chi connectivity index (χ0) is 27.6. The Morgan fingerprint density at radius 2 is 1.74 bits per heavy atom. The van der Waals surface area contributed by atoms with E-state index in [4.69, 9.17) is 11.6 Å². The summed E-state index contributed by atoms with van der Waals surface area (Å²) in [6, 6.07) is 16.7. The van der Waals surface area contributed by atoms with Gasteiger partial charge in [0.2, 0.25) is 5.91 Å². The second-order valence-corrected chi connectivity index (χ2v) is 12.3. The number of piperazine rings is 1. The number of hydrogen-bond acceptors (Lipinski definition) is 5. The molecule has 206 valence electrons. The Morgan fingerprint density at radius 3 is 2.46 bits per heavy atom. The summed E-state index contributed by atoms with van der Waals surface area (Å²) in [5.41, 5.74) is 2.59. The third-order valence-electron chi connectivity index (χ3n) is 7.43. The van der Waals surface area contributed by atoms with Crippen LogP contribution in [0, 0.1) is 5.82 Å². The van der Waals surface area contributed by atoms with E-state index in [9.17, 15) is 17.6 Å². The van der Waals surface area contributed by atoms with Crippen LogP contribution in [-0.2, 0) is 21.2 Å². The first-order valence-electron chi connectivity index (χ1n) is 13.1. The van der Waals surface area contributed by atoms with Crippen molar-refractivity contribution in [2.45, 2.75) is 23.8 Å². The minimum absolute atomic E-state index is 0.0639. The Balaban J connectivity index is 1.31. The first-order valence-corrected chi connectivity index (χ1v) is 14.9. The molecule has 0 aromatic heterocycles. The van der Waals surface area contributed by atoms with Crippen molar-refractivity contribution in [1.82, 2.24) is 15.1 Å². The van der Waals surface area contributed by atoms with Crippen molar-refractivity contribution < 1.29 is 17.6 Å². The lowest BCUT2D eigenvalue weighted by molar-refractivity contribution is -0.122. The molecule has 0 bridgehead atoms. The fourth-order valence-electron chi connectivity index (χ4n) is 5.20. The third-order valence-corrected chi connectivity index (χ3v) is 9.58. The average molecular weight is 571 g/mol. The van der Waals surface area contributed by atoms with Crippen LogP contribution in [0.15, 0.2) is 71.6 Å². The average Bonchev–Trinajstić information content (AvgIpc) is 3.33. The predicted molar refractivity (Wildman–Crippen MR) is 152 cm³/mol. The highest BCUT2D eigenvalue weighted by atomic mass is 35.5. The van der Waals surface area contributed by atoms with Crippen LogP contribution >= 0.6 is 11.6 Å². The summed E-state index contributed by atoms with van der Waals surface area (Å²) in [6.07, 6.45) is 1.11. The molecule has 0 radical (unpaired) electrons. The lowest BCUT2D eigenvalue weighted by Gasteiger charge is -2.32. The van der Waals surface area contributed by atoms with Gasteiger partial charge >= 0.3 is 0 Å². The molecule has 39 heavy (non-hydrogen) atoms. The number of hydrogen-bond donors (Lipinski definition) is 1. The maximum Gasteiger partial charge on any atom is 0.265 e. The fourth-order valence-corrected chi connectivity index (χ4v) is 7.13. The van der Waals surface area contributed by atoms with Gasteiger partial charge in [0.25, 0.3) is 10.0 Å². The maximum absolute atomic E-state index is 13.9. The second kappa shape index (κ2) is 11.6. The number of nitrogens with zero attached hydrogens (tertiary/aromatic N) is 3. The van der Waals surface area contributed by atoms with Crippen LogP contribution in [-0.4, -0.2) is 76.5 Å². The maximum atomic E-state index is 13.9. The molecule has 3 aromatic carbocycles. The van der Waals surface area contributed by atoms with E-state index in [1.165, 1.54) is 28.6 Å². The molecule has 7 nitrogen and oxygen atoms in total. The van der Waals surface area contributed by atoms with E-state index in [1.54, 1.807) is 30.3 Å². The number of benzene rings is 3. The van der Waals surface area contributed by atoms with Crippen molar-refractivity contribution in [3.63, 3.8) is 0 Å². The summed E-state index contributed by atoms with van der Waals surface area (Å²) < 4.78 is 42.5. The number of amides is 1. The van der Waals surface area contributed by atoms with Crippen LogP contribution in [0.5, 0.6) is 0 Å². The predicted octanol–water partition coefficient (Wildman–Crippen LogP) is 4.02. The molecule has 0 spiro atoms. The van der Waals surface area contributed by atoms with E-state index in [2.05, 4.69) is 22.2 Å². The highest BCUT2D eigenvalue weighted by Gasteiger charge is 2.42. The molecule has 1 saturated heterocycles. The molecule has 5 rings (SSSR count). The van der Waals surface area contributed by atoms with Crippen molar-refractivity contribution >= 4 is 33.2 Å². The summed E-state index contributed by atoms with van der Waals surface area (Å²) in [5, 5.41) is 3.21. The fraction of sp³-hybridized carbons (Fsp3) is 0.345. The van der Waals surface area contributed by atoms with E-state index < -0.39 is 21.9 Å². The Labute approximate surface area is 234 Å². The topological polar surface area (TPSA) is 73.0 Å². The van der Waals surface area contributed by atoms with Gasteiger partial charge in [0.1, 0.15) is 11.9 Å². The molecule has 1 fully saturated rings. The summed E-state index contributed by atoms with van der Waals surface area (Å²) in [5.74, 6) is -0.748. The molecule has 2 heterocycles. The number of para-hydroxylation sites is 1. The summed E-state index contributed by atoms with van der Waals surface area (Å²) in [4.78, 5) is 18.1. The first kappa shape index (κ1) is 27.6. The Kier molecular flexibility index (Phi) is 8.23. The smallest absolute Gasteiger partial charge is 0.265 e. The quantitative estimate of drug-likeness (QED) is 0.414. The van der Waals surface area contributed by atoms with E-state index >= 15 is 0 Å². The molecule has 3 aromatic rings. The Hall–Kier alpha value is -2.98. The number of fused-ring (bicyclic) bond motifs is 1. The number of carbonyl (C=O) groups excluding carboxylic acids is 1. The lowest BCUT2D eigenvalue weighted by Crippen LogP contribution is -2.49. The summed E-state index contributed by atoms with van der Waals surface area (Å²) in [7, 11) is -1.93. The number of sulfonamides is 1. The van der Waals surface area contributed by atoms with Crippen LogP contribution in [0.25, 0.3) is 11.1 Å². The van der Waals surface area contributed by atoms with Crippen molar-refractivity contribution in [1.29, 1.82) is 0 Å². The third kappa shape index (κ3) is 5.96. The number of halogens is 2. The lowest BCUT2D eigenvalue weighted by atomic mass is 10.1. The first-order chi connectivity index (χ1) is 18.7. The molecule has 1 atom stereocenters. The van der Waals surface area contributed by atoms with Crippen molar-refractivity contribution in [2.24, 2.45) is 0 Å². The van der Waals surface area contributed by atoms with Gasteiger partial charge in [-0.05, 0) is 67.5 Å². The highest BCUT2D eigenvalue weighted by Crippen LogP contribution is 2.37. The SMILES string of the molecule is CN1CCN(CCCNC(=O)[C@@H]2Cc3ccccc3N2S(=O)(=O)c2ccc(-c3ccc(F)cc3Cl)cc2)CC1. The van der Waals surface area contributed by atoms with Crippen LogP contribution in [0.3, 0.4) is 0 Å². The van der Waals surface area contributed by atoms with Crippen LogP contribution < -0.4 is 9.62 Å². The minimum atomic E-state index is -4.05. The molecule has 1 amide bonds. The molecular weight excluding hydrogens is 539 g/mol. The largest absolute Gasteiger partial charge is 0.354 e. The summed E-state index contributed by atoms with van der Waals surface area (Å²) >= 11 is 6.19. The molecule has 0 saturated carbocycles. The van der Waals surface area contributed by atoms with Crippen molar-refractivity contribution in [3.05, 3.63) is 83.1 Å². The van der Waals surface area contributed by atoms with Crippen LogP contribution in [0.2, 0.25) is 5.02 Å². The Bertz CT molecular complexity index is 1440. The molecule has 10 heteroatoms. The standard InChI is InChI=1S/C29H32ClFN4O3S/c1-33-15-17-34(18-16-33)14-4-13-32-29(36)28-19-22-5-2-3-6-27(22)35(28)39(37,38)24-10-7-21(8-11-24)25-12-9-23(31)20-26(25)30/h2-3,5-12,20,28H,4,13-19H2,1H3,(H,32,36)/t28-/m0/s1. The monoisotopic (exact) mass is 570 g/mol. The van der Waals surface area contributed by atoms with Crippen LogP contribution in [0.1, 0.15) is 12.0 Å². The highest BCUT2D eigenvalue weighted by molar-refractivity contribution is 7.93. The zero-order valence-electron chi connectivity index (χ0n) is 21.8. The van der Waals surface area contributed by atoms with Gasteiger partial charge in [0, 0.05) is 44.7 Å². The zero-order valence-corrected chi connectivity index (χ0v) is 23.4. The second-order valence-electron chi connectivity index (χ2n) is 10.1. The van der Waals surface area contributed by atoms with E-state index in [0.717, 1.165) is 44.7 Å². The molecular formula is C29H32ClFN4O3S. The van der Waals surface area contributed by atoms with Crippen LogP contribution in [0.4, 0.5) is 10.1 Å². The number of likely N-dealkylation sites (N-methyl/N-ethyl adjacent to an activating group) is 1. The molecule has 2 aliphatic heterocycles. The number of nitrogens with one attached hydrogen (secondary N) is 1. The van der Waals surface area contributed by atoms with Gasteiger partial charge in [-0.3, -0.25) is 9.10 Å². The molecule has 0 unspecified atom stereocenters. The molecule has 1 N–H and O–H groups in total. The Morgan fingerprint density at radius 1 is 1.03 bits per heavy atom. The van der Waals surface area contributed by atoms with Gasteiger partial charge in [-0.15, -0.1) is 0 Å². The van der Waals surface area contributed by atoms with E-state index in [0.29, 0.717) is 29.8 Å². The number of anilines is 1. The van der Waals surface area contributed by atoms with Crippen molar-refractivity contribution in [3.8, 4) is 11.1 Å². The van der Waals surface area contributed by atoms with Gasteiger partial charge in [-0.2, -0.15) is 0 Å². The van der Waals surface area contributed by atoms with Crippen molar-refractivity contribution in [2.75, 3.05) is 50.6 Å². The van der Waals surface area contributed by atoms with E-state index in [-0.39, 0.29) is 15.8 Å². The van der Waals surface area contributed by atoms with Gasteiger partial charge in [0.15, 0.2) is 0 Å². The number of carbonyl (C=O) groups is 1. The van der Waals surface area contributed by atoms with Gasteiger partial charge in [-0.25, -0.2) is 12.8 Å². The summed E-state index contributed by atoms with van der Waals surface area (Å²) in [6.45, 7) is 5.49. The molecule has 2 aliphatic rings.